The van der Waals surface area contributed by atoms with E-state index >= 15 is 0 Å². The normalized spacial score (nSPS) is 10.6. The van der Waals surface area contributed by atoms with E-state index in [1.807, 2.05) is 6.92 Å². The van der Waals surface area contributed by atoms with Crippen LogP contribution < -0.4 is 10.1 Å². The fourth-order valence-corrected chi connectivity index (χ4v) is 2.48. The monoisotopic (exact) mass is 359 g/mol. The Hall–Kier alpha value is -2.86. The van der Waals surface area contributed by atoms with Crippen molar-refractivity contribution >= 4 is 23.2 Å². The van der Waals surface area contributed by atoms with Gasteiger partial charge < -0.3 is 10.1 Å². The SMILES string of the molecule is COc1cc(Cl)c(C)cc1NC(=O)c1cc(-c2ccc(F)cc2)n[nH]1. The summed E-state index contributed by atoms with van der Waals surface area (Å²) in [5.74, 6) is -0.245. The maximum Gasteiger partial charge on any atom is 0.273 e. The Bertz CT molecular complexity index is 923. The summed E-state index contributed by atoms with van der Waals surface area (Å²) in [5.41, 5.74) is 2.84. The number of rotatable bonds is 4. The van der Waals surface area contributed by atoms with Crippen molar-refractivity contribution in [3.05, 3.63) is 64.6 Å². The van der Waals surface area contributed by atoms with Crippen molar-refractivity contribution in [2.75, 3.05) is 12.4 Å². The fourth-order valence-electron chi connectivity index (χ4n) is 2.33. The molecule has 0 fully saturated rings. The predicted molar refractivity (Wildman–Crippen MR) is 94.7 cm³/mol. The van der Waals surface area contributed by atoms with Crippen LogP contribution in [0.1, 0.15) is 16.1 Å². The van der Waals surface area contributed by atoms with Crippen LogP contribution >= 0.6 is 11.6 Å². The zero-order valence-corrected chi connectivity index (χ0v) is 14.3. The van der Waals surface area contributed by atoms with Crippen LogP contribution in [0.15, 0.2) is 42.5 Å². The van der Waals surface area contributed by atoms with Gasteiger partial charge in [0.05, 0.1) is 18.5 Å². The molecule has 128 valence electrons. The lowest BCUT2D eigenvalue weighted by molar-refractivity contribution is 0.102. The quantitative estimate of drug-likeness (QED) is 0.723. The third-order valence-corrected chi connectivity index (χ3v) is 4.10. The van der Waals surface area contributed by atoms with Crippen molar-refractivity contribution in [2.45, 2.75) is 6.92 Å². The Morgan fingerprint density at radius 1 is 1.24 bits per heavy atom. The van der Waals surface area contributed by atoms with E-state index in [1.54, 1.807) is 30.3 Å². The second kappa shape index (κ2) is 6.94. The maximum atomic E-state index is 13.0. The van der Waals surface area contributed by atoms with Crippen LogP contribution in [-0.4, -0.2) is 23.2 Å². The zero-order chi connectivity index (χ0) is 18.0. The third-order valence-electron chi connectivity index (χ3n) is 3.69. The largest absolute Gasteiger partial charge is 0.495 e. The van der Waals surface area contributed by atoms with Crippen molar-refractivity contribution in [1.29, 1.82) is 0 Å². The number of ether oxygens (including phenoxy) is 1. The number of hydrogen-bond donors (Lipinski definition) is 2. The first-order valence-corrected chi connectivity index (χ1v) is 7.82. The second-order valence-electron chi connectivity index (χ2n) is 5.43. The maximum absolute atomic E-state index is 13.0. The minimum Gasteiger partial charge on any atom is -0.495 e. The molecule has 0 saturated heterocycles. The predicted octanol–water partition coefficient (Wildman–Crippen LogP) is 4.44. The Labute approximate surface area is 148 Å². The Morgan fingerprint density at radius 3 is 2.64 bits per heavy atom. The molecule has 1 amide bonds. The van der Waals surface area contributed by atoms with Gasteiger partial charge in [-0.25, -0.2) is 4.39 Å². The number of H-pyrrole nitrogens is 1. The Morgan fingerprint density at radius 2 is 1.96 bits per heavy atom. The van der Waals surface area contributed by atoms with Gasteiger partial charge in [-0.05, 0) is 48.9 Å². The van der Waals surface area contributed by atoms with Gasteiger partial charge in [0.1, 0.15) is 17.3 Å². The summed E-state index contributed by atoms with van der Waals surface area (Å²) in [6, 6.07) is 10.8. The molecule has 2 aromatic carbocycles. The molecule has 5 nitrogen and oxygen atoms in total. The van der Waals surface area contributed by atoms with E-state index in [4.69, 9.17) is 16.3 Å². The molecule has 0 spiro atoms. The summed E-state index contributed by atoms with van der Waals surface area (Å²) in [4.78, 5) is 12.4. The minimum atomic E-state index is -0.374. The lowest BCUT2D eigenvalue weighted by Gasteiger charge is -2.11. The molecule has 3 rings (SSSR count). The summed E-state index contributed by atoms with van der Waals surface area (Å²) in [6.07, 6.45) is 0. The molecule has 0 unspecified atom stereocenters. The lowest BCUT2D eigenvalue weighted by Crippen LogP contribution is -2.13. The first kappa shape index (κ1) is 17.0. The number of benzene rings is 2. The number of carbonyl (C=O) groups is 1. The van der Waals surface area contributed by atoms with Crippen LogP contribution in [0.5, 0.6) is 5.75 Å². The van der Waals surface area contributed by atoms with E-state index in [1.165, 1.54) is 19.2 Å². The number of aromatic nitrogens is 2. The number of anilines is 1. The van der Waals surface area contributed by atoms with Crippen molar-refractivity contribution in [2.24, 2.45) is 0 Å². The highest BCUT2D eigenvalue weighted by atomic mass is 35.5. The van der Waals surface area contributed by atoms with Gasteiger partial charge in [-0.2, -0.15) is 5.10 Å². The van der Waals surface area contributed by atoms with Crippen molar-refractivity contribution in [1.82, 2.24) is 10.2 Å². The Balaban J connectivity index is 1.83. The molecular formula is C18H15ClFN3O2. The zero-order valence-electron chi connectivity index (χ0n) is 13.6. The van der Waals surface area contributed by atoms with Crippen LogP contribution in [0.4, 0.5) is 10.1 Å². The number of hydrogen-bond acceptors (Lipinski definition) is 3. The Kier molecular flexibility index (Phi) is 4.72. The third kappa shape index (κ3) is 3.64. The van der Waals surface area contributed by atoms with E-state index in [0.717, 1.165) is 5.56 Å². The number of aromatic amines is 1. The first-order valence-electron chi connectivity index (χ1n) is 7.45. The molecular weight excluding hydrogens is 345 g/mol. The lowest BCUT2D eigenvalue weighted by atomic mass is 10.1. The van der Waals surface area contributed by atoms with Crippen LogP contribution in [0.25, 0.3) is 11.3 Å². The standard InChI is InChI=1S/C18H15ClFN3O2/c1-10-7-15(17(25-2)8-13(10)19)21-18(24)16-9-14(22-23-16)11-3-5-12(20)6-4-11/h3-9H,1-2H3,(H,21,24)(H,22,23). The van der Waals surface area contributed by atoms with E-state index in [9.17, 15) is 9.18 Å². The molecule has 0 saturated carbocycles. The van der Waals surface area contributed by atoms with Gasteiger partial charge in [0.25, 0.3) is 5.91 Å². The molecule has 0 aliphatic rings. The van der Waals surface area contributed by atoms with Gasteiger partial charge in [0.15, 0.2) is 0 Å². The highest BCUT2D eigenvalue weighted by Crippen LogP contribution is 2.31. The summed E-state index contributed by atoms with van der Waals surface area (Å²) in [7, 11) is 1.50. The van der Waals surface area contributed by atoms with Gasteiger partial charge in [-0.3, -0.25) is 9.89 Å². The molecule has 0 aliphatic heterocycles. The summed E-state index contributed by atoms with van der Waals surface area (Å²) < 4.78 is 18.2. The van der Waals surface area contributed by atoms with Gasteiger partial charge in [0, 0.05) is 16.7 Å². The molecule has 0 atom stereocenters. The molecule has 3 aromatic rings. The van der Waals surface area contributed by atoms with E-state index < -0.39 is 0 Å². The first-order chi connectivity index (χ1) is 12.0. The second-order valence-corrected chi connectivity index (χ2v) is 5.84. The molecule has 1 aromatic heterocycles. The fraction of sp³-hybridized carbons (Fsp3) is 0.111. The highest BCUT2D eigenvalue weighted by molar-refractivity contribution is 6.31. The van der Waals surface area contributed by atoms with Crippen LogP contribution in [0, 0.1) is 12.7 Å². The van der Waals surface area contributed by atoms with Crippen LogP contribution in [0.3, 0.4) is 0 Å². The number of amides is 1. The molecule has 7 heteroatoms. The topological polar surface area (TPSA) is 67.0 Å². The molecule has 2 N–H and O–H groups in total. The number of carbonyl (C=O) groups excluding carboxylic acids is 1. The number of nitrogens with one attached hydrogen (secondary N) is 2. The minimum absolute atomic E-state index is 0.272. The van der Waals surface area contributed by atoms with E-state index in [2.05, 4.69) is 15.5 Å². The van der Waals surface area contributed by atoms with Gasteiger partial charge in [0.2, 0.25) is 0 Å². The average Bonchev–Trinajstić information content (AvgIpc) is 3.08. The highest BCUT2D eigenvalue weighted by Gasteiger charge is 2.15. The molecule has 0 radical (unpaired) electrons. The van der Waals surface area contributed by atoms with Gasteiger partial charge in [-0.15, -0.1) is 0 Å². The number of aryl methyl sites for hydroxylation is 1. The van der Waals surface area contributed by atoms with Gasteiger partial charge in [-0.1, -0.05) is 11.6 Å². The average molecular weight is 360 g/mol. The summed E-state index contributed by atoms with van der Waals surface area (Å²) >= 11 is 6.06. The summed E-state index contributed by atoms with van der Waals surface area (Å²) in [6.45, 7) is 1.83. The number of methoxy groups -OCH3 is 1. The smallest absolute Gasteiger partial charge is 0.273 e. The van der Waals surface area contributed by atoms with Crippen molar-refractivity contribution in [3.8, 4) is 17.0 Å². The summed E-state index contributed by atoms with van der Waals surface area (Å²) in [5, 5.41) is 10.1. The van der Waals surface area contributed by atoms with Crippen LogP contribution in [0.2, 0.25) is 5.02 Å². The van der Waals surface area contributed by atoms with E-state index in [-0.39, 0.29) is 17.4 Å². The van der Waals surface area contributed by atoms with Crippen LogP contribution in [-0.2, 0) is 0 Å². The molecule has 0 aliphatic carbocycles. The molecule has 25 heavy (non-hydrogen) atoms. The molecule has 1 heterocycles. The van der Waals surface area contributed by atoms with Crippen molar-refractivity contribution < 1.29 is 13.9 Å². The van der Waals surface area contributed by atoms with Crippen molar-refractivity contribution in [3.63, 3.8) is 0 Å². The van der Waals surface area contributed by atoms with Gasteiger partial charge >= 0.3 is 0 Å². The number of halogens is 2. The number of nitrogens with zero attached hydrogens (tertiary/aromatic N) is 1. The van der Waals surface area contributed by atoms with E-state index in [0.29, 0.717) is 27.7 Å². The molecule has 0 bridgehead atoms.